The zero-order valence-electron chi connectivity index (χ0n) is 5.84. The van der Waals surface area contributed by atoms with Gasteiger partial charge >= 0.3 is 0 Å². The van der Waals surface area contributed by atoms with Crippen molar-refractivity contribution in [1.82, 2.24) is 0 Å². The minimum Gasteiger partial charge on any atom is -0.258 e. The van der Waals surface area contributed by atoms with Crippen LogP contribution >= 0.6 is 0 Å². The summed E-state index contributed by atoms with van der Waals surface area (Å²) in [6, 6.07) is 6.21. The van der Waals surface area contributed by atoms with E-state index in [0.717, 1.165) is 10.1 Å². The van der Waals surface area contributed by atoms with Gasteiger partial charge in [0.1, 0.15) is 0 Å². The molecule has 62 valence electrons. The van der Waals surface area contributed by atoms with Crippen LogP contribution in [0, 0.1) is 10.1 Å². The van der Waals surface area contributed by atoms with Crippen LogP contribution in [0.4, 0.5) is 11.4 Å². The molecule has 0 radical (unpaired) electrons. The SMILES string of the molecule is O=[N+]([O-])c1ccccc1N=S=S. The first-order chi connectivity index (χ1) is 5.75. The highest BCUT2D eigenvalue weighted by Gasteiger charge is 2.10. The number of benzene rings is 1. The number of hydrogen-bond donors (Lipinski definition) is 0. The molecule has 0 amide bonds. The van der Waals surface area contributed by atoms with Gasteiger partial charge in [-0.3, -0.25) is 10.1 Å². The Balaban J connectivity index is 3.26. The van der Waals surface area contributed by atoms with Gasteiger partial charge in [0.2, 0.25) is 0 Å². The van der Waals surface area contributed by atoms with E-state index in [1.165, 1.54) is 6.07 Å². The maximum Gasteiger partial charge on any atom is 0.295 e. The maximum absolute atomic E-state index is 10.4. The highest BCUT2D eigenvalue weighted by atomic mass is 32.8. The second-order valence-corrected chi connectivity index (χ2v) is 2.69. The standard InChI is InChI=1S/C6H4N2O2S2/c9-8(10)6-4-2-1-3-5(6)7-12-11/h1-4H. The van der Waals surface area contributed by atoms with Gasteiger partial charge in [0.25, 0.3) is 5.69 Å². The summed E-state index contributed by atoms with van der Waals surface area (Å²) in [7, 11) is 0.790. The van der Waals surface area contributed by atoms with Crippen LogP contribution in [0.25, 0.3) is 0 Å². The lowest BCUT2D eigenvalue weighted by Crippen LogP contribution is -1.86. The van der Waals surface area contributed by atoms with Gasteiger partial charge in [-0.15, -0.1) is 0 Å². The molecular formula is C6H4N2O2S2. The van der Waals surface area contributed by atoms with Gasteiger partial charge < -0.3 is 0 Å². The van der Waals surface area contributed by atoms with Crippen LogP contribution in [0.1, 0.15) is 0 Å². The van der Waals surface area contributed by atoms with E-state index < -0.39 is 4.92 Å². The topological polar surface area (TPSA) is 55.5 Å². The van der Waals surface area contributed by atoms with Crippen molar-refractivity contribution < 1.29 is 4.92 Å². The van der Waals surface area contributed by atoms with Crippen LogP contribution < -0.4 is 0 Å². The van der Waals surface area contributed by atoms with E-state index in [1.807, 2.05) is 0 Å². The van der Waals surface area contributed by atoms with Crippen molar-refractivity contribution in [1.29, 1.82) is 0 Å². The van der Waals surface area contributed by atoms with Crippen LogP contribution in [0.2, 0.25) is 0 Å². The molecule has 0 heterocycles. The molecule has 1 rings (SSSR count). The summed E-state index contributed by atoms with van der Waals surface area (Å²) in [6.07, 6.45) is 0. The van der Waals surface area contributed by atoms with Crippen molar-refractivity contribution in [2.75, 3.05) is 0 Å². The van der Waals surface area contributed by atoms with E-state index in [2.05, 4.69) is 15.6 Å². The van der Waals surface area contributed by atoms with Gasteiger partial charge in [0.15, 0.2) is 5.69 Å². The lowest BCUT2D eigenvalue weighted by atomic mass is 10.3. The van der Waals surface area contributed by atoms with Crippen molar-refractivity contribution >= 4 is 32.7 Å². The Morgan fingerprint density at radius 1 is 1.50 bits per heavy atom. The fourth-order valence-corrected chi connectivity index (χ4v) is 1.21. The van der Waals surface area contributed by atoms with Gasteiger partial charge in [0.05, 0.1) is 4.92 Å². The van der Waals surface area contributed by atoms with Crippen molar-refractivity contribution in [3.63, 3.8) is 0 Å². The molecule has 0 aromatic heterocycles. The van der Waals surface area contributed by atoms with Crippen molar-refractivity contribution in [3.05, 3.63) is 34.4 Å². The van der Waals surface area contributed by atoms with E-state index in [1.54, 1.807) is 18.2 Å². The van der Waals surface area contributed by atoms with Crippen molar-refractivity contribution in [2.45, 2.75) is 0 Å². The Kier molecular flexibility index (Phi) is 3.01. The molecule has 0 atom stereocenters. The average molecular weight is 200 g/mol. The Morgan fingerprint density at radius 3 is 2.75 bits per heavy atom. The lowest BCUT2D eigenvalue weighted by molar-refractivity contribution is -0.384. The van der Waals surface area contributed by atoms with Crippen LogP contribution in [0.3, 0.4) is 0 Å². The van der Waals surface area contributed by atoms with Crippen molar-refractivity contribution in [3.8, 4) is 0 Å². The fourth-order valence-electron chi connectivity index (χ4n) is 0.736. The second-order valence-electron chi connectivity index (χ2n) is 1.91. The highest BCUT2D eigenvalue weighted by molar-refractivity contribution is 8.12. The summed E-state index contributed by atoms with van der Waals surface area (Å²) in [5.41, 5.74) is 0.289. The number of rotatable bonds is 2. The molecule has 0 unspecified atom stereocenters. The van der Waals surface area contributed by atoms with Gasteiger partial charge in [0, 0.05) is 27.4 Å². The quantitative estimate of drug-likeness (QED) is 0.541. The van der Waals surface area contributed by atoms with E-state index in [-0.39, 0.29) is 5.69 Å². The molecule has 1 aromatic carbocycles. The molecule has 0 aliphatic rings. The smallest absolute Gasteiger partial charge is 0.258 e. The first-order valence-corrected chi connectivity index (χ1v) is 4.69. The number of nitro groups is 1. The minimum atomic E-state index is -0.482. The zero-order chi connectivity index (χ0) is 8.97. The Hall–Kier alpha value is -1.14. The summed E-state index contributed by atoms with van der Waals surface area (Å²) < 4.78 is 3.72. The third-order valence-electron chi connectivity index (χ3n) is 1.21. The van der Waals surface area contributed by atoms with Crippen LogP contribution in [0.5, 0.6) is 0 Å². The van der Waals surface area contributed by atoms with E-state index in [4.69, 9.17) is 0 Å². The first-order valence-electron chi connectivity index (χ1n) is 2.99. The van der Waals surface area contributed by atoms with Crippen molar-refractivity contribution in [2.24, 2.45) is 4.36 Å². The maximum atomic E-state index is 10.4. The summed E-state index contributed by atoms with van der Waals surface area (Å²) in [6.45, 7) is 0. The molecule has 1 aromatic rings. The Labute approximate surface area is 76.8 Å². The largest absolute Gasteiger partial charge is 0.295 e. The third-order valence-corrected chi connectivity index (χ3v) is 1.71. The molecule has 0 saturated carbocycles. The molecule has 0 fully saturated rings. The van der Waals surface area contributed by atoms with Crippen LogP contribution in [-0.2, 0) is 21.3 Å². The van der Waals surface area contributed by atoms with Crippen LogP contribution in [0.15, 0.2) is 28.6 Å². The monoisotopic (exact) mass is 200 g/mol. The number of hydrogen-bond acceptors (Lipinski definition) is 4. The summed E-state index contributed by atoms with van der Waals surface area (Å²) in [5, 5.41) is 10.4. The Bertz CT molecular complexity index is 339. The lowest BCUT2D eigenvalue weighted by Gasteiger charge is -1.92. The zero-order valence-corrected chi connectivity index (χ0v) is 7.47. The summed E-state index contributed by atoms with van der Waals surface area (Å²) in [4.78, 5) is 9.92. The highest BCUT2D eigenvalue weighted by Crippen LogP contribution is 2.25. The normalized spacial score (nSPS) is 9.00. The minimum absolute atomic E-state index is 0.0187. The number of nitrogens with zero attached hydrogens (tertiary/aromatic N) is 2. The summed E-state index contributed by atoms with van der Waals surface area (Å²) >= 11 is 4.51. The van der Waals surface area contributed by atoms with Gasteiger partial charge in [-0.2, -0.15) is 4.36 Å². The molecular weight excluding hydrogens is 196 g/mol. The first kappa shape index (κ1) is 8.95. The van der Waals surface area contributed by atoms with Crippen LogP contribution in [-0.4, -0.2) is 4.92 Å². The summed E-state index contributed by atoms with van der Waals surface area (Å²) in [5.74, 6) is 0. The molecule has 0 N–H and O–H groups in total. The molecule has 0 aliphatic heterocycles. The van der Waals surface area contributed by atoms with E-state index >= 15 is 0 Å². The molecule has 4 nitrogen and oxygen atoms in total. The molecule has 12 heavy (non-hydrogen) atoms. The van der Waals surface area contributed by atoms with Gasteiger partial charge in [-0.25, -0.2) is 0 Å². The van der Waals surface area contributed by atoms with E-state index in [9.17, 15) is 10.1 Å². The fraction of sp³-hybridized carbons (Fsp3) is 0. The molecule has 0 spiro atoms. The average Bonchev–Trinajstić information content (AvgIpc) is 2.05. The van der Waals surface area contributed by atoms with Gasteiger partial charge in [-0.1, -0.05) is 12.1 Å². The molecule has 6 heteroatoms. The predicted octanol–water partition coefficient (Wildman–Crippen LogP) is 1.95. The predicted molar refractivity (Wildman–Crippen MR) is 49.9 cm³/mol. The number of para-hydroxylation sites is 1. The van der Waals surface area contributed by atoms with E-state index in [0.29, 0.717) is 5.69 Å². The molecule has 0 bridgehead atoms. The number of nitro benzene ring substituents is 1. The Morgan fingerprint density at radius 2 is 2.17 bits per heavy atom. The molecule has 0 aliphatic carbocycles. The third kappa shape index (κ3) is 1.93. The molecule has 0 saturated heterocycles. The second kappa shape index (κ2) is 4.03. The van der Waals surface area contributed by atoms with Gasteiger partial charge in [-0.05, 0) is 6.07 Å².